The number of carbonyl (C=O) groups excluding carboxylic acids is 2. The summed E-state index contributed by atoms with van der Waals surface area (Å²) in [7, 11) is 0. The quantitative estimate of drug-likeness (QED) is 0.657. The van der Waals surface area contributed by atoms with E-state index >= 15 is 0 Å². The van der Waals surface area contributed by atoms with Crippen LogP contribution in [0.25, 0.3) is 11.2 Å². The van der Waals surface area contributed by atoms with Crippen LogP contribution in [0.3, 0.4) is 0 Å². The minimum absolute atomic E-state index is 0.0586. The van der Waals surface area contributed by atoms with Gasteiger partial charge in [-0.1, -0.05) is 25.7 Å². The lowest BCUT2D eigenvalue weighted by Crippen LogP contribution is -2.31. The fourth-order valence-corrected chi connectivity index (χ4v) is 3.30. The topological polar surface area (TPSA) is 67.5 Å². The van der Waals surface area contributed by atoms with Gasteiger partial charge in [0.05, 0.1) is 12.5 Å². The average molecular weight is 352 g/mol. The zero-order valence-corrected chi connectivity index (χ0v) is 15.8. The van der Waals surface area contributed by atoms with Crippen LogP contribution in [-0.4, -0.2) is 23.3 Å². The number of hydrogen-bond acceptors (Lipinski definition) is 4. The van der Waals surface area contributed by atoms with E-state index in [1.165, 1.54) is 6.92 Å². The molecule has 4 nitrogen and oxygen atoms in total. The first-order valence-corrected chi connectivity index (χ1v) is 8.52. The second kappa shape index (κ2) is 7.72. The first-order valence-electron chi connectivity index (χ1n) is 8.52. The number of benzene rings is 1. The van der Waals surface area contributed by atoms with Crippen LogP contribution < -0.4 is 0 Å². The van der Waals surface area contributed by atoms with Gasteiger partial charge in [-0.15, -0.1) is 0 Å². The third-order valence-corrected chi connectivity index (χ3v) is 4.62. The first kappa shape index (κ1) is 19.7. The van der Waals surface area contributed by atoms with Crippen LogP contribution in [0.2, 0.25) is 0 Å². The minimum Gasteiger partial charge on any atom is -0.457 e. The molecule has 0 saturated heterocycles. The molecular weight excluding hydrogens is 328 g/mol. The van der Waals surface area contributed by atoms with Gasteiger partial charge in [-0.25, -0.2) is 0 Å². The Morgan fingerprint density at radius 2 is 1.77 bits per heavy atom. The molecule has 1 unspecified atom stereocenters. The maximum atomic E-state index is 12.1. The number of carbonyl (C=O) groups is 2. The van der Waals surface area contributed by atoms with Gasteiger partial charge in [0.25, 0.3) is 0 Å². The molecule has 1 aliphatic carbocycles. The summed E-state index contributed by atoms with van der Waals surface area (Å²) in [4.78, 5) is 23.8. The first-order chi connectivity index (χ1) is 12.2. The standard InChI is InChI=1S/C16H20O3.C6H4O/c1-10(8-9-17)6-7-13-11(2)15(19)14(12(3)18)16(13,4)5;1-2-6-4-3-5(1)7-6/h8,14,17H,9H2,1-5H3;1-4H. The monoisotopic (exact) mass is 352 g/mol. The van der Waals surface area contributed by atoms with Gasteiger partial charge in [0, 0.05) is 16.6 Å². The molecule has 4 heteroatoms. The molecule has 0 aliphatic heterocycles. The Morgan fingerprint density at radius 1 is 1.23 bits per heavy atom. The van der Waals surface area contributed by atoms with Crippen molar-refractivity contribution in [2.75, 3.05) is 6.61 Å². The Labute approximate surface area is 153 Å². The SMILES string of the molecule is CC(=O)C1C(=O)C(C)=C(C#CC(C)=CCO)C1(C)C.c1cc2ccc1o2. The molecule has 2 aromatic rings. The molecule has 26 heavy (non-hydrogen) atoms. The van der Waals surface area contributed by atoms with E-state index in [4.69, 9.17) is 9.52 Å². The van der Waals surface area contributed by atoms with E-state index in [1.54, 1.807) is 19.9 Å². The van der Waals surface area contributed by atoms with E-state index in [1.807, 2.05) is 38.1 Å². The lowest BCUT2D eigenvalue weighted by molar-refractivity contribution is -0.131. The van der Waals surface area contributed by atoms with Crippen LogP contribution in [0.5, 0.6) is 0 Å². The summed E-state index contributed by atoms with van der Waals surface area (Å²) in [6.45, 7) is 8.67. The molecule has 0 aromatic carbocycles. The second-order valence-corrected chi connectivity index (χ2v) is 7.02. The van der Waals surface area contributed by atoms with E-state index < -0.39 is 11.3 Å². The van der Waals surface area contributed by atoms with Crippen LogP contribution in [-0.2, 0) is 9.59 Å². The Kier molecular flexibility index (Phi) is 5.84. The molecule has 1 atom stereocenters. The van der Waals surface area contributed by atoms with Gasteiger partial charge < -0.3 is 9.52 Å². The minimum atomic E-state index is -0.626. The summed E-state index contributed by atoms with van der Waals surface area (Å²) >= 11 is 0. The number of ketones is 2. The maximum absolute atomic E-state index is 12.1. The second-order valence-electron chi connectivity index (χ2n) is 7.02. The molecule has 2 heterocycles. The fraction of sp³-hybridized carbons (Fsp3) is 0.364. The molecule has 0 saturated carbocycles. The number of Topliss-reactive ketones (excluding diaryl/α,β-unsaturated/α-hetero) is 2. The molecule has 0 amide bonds. The summed E-state index contributed by atoms with van der Waals surface area (Å²) in [5.41, 5.74) is 3.43. The normalized spacial score (nSPS) is 19.2. The summed E-state index contributed by atoms with van der Waals surface area (Å²) in [5, 5.41) is 8.79. The molecule has 1 N–H and O–H groups in total. The van der Waals surface area contributed by atoms with Gasteiger partial charge in [-0.3, -0.25) is 9.59 Å². The maximum Gasteiger partial charge on any atom is 0.170 e. The van der Waals surface area contributed by atoms with Crippen molar-refractivity contribution in [2.45, 2.75) is 34.6 Å². The number of furan rings is 2. The molecule has 0 fully saturated rings. The van der Waals surface area contributed by atoms with Gasteiger partial charge in [-0.05, 0) is 56.7 Å². The predicted molar refractivity (Wildman–Crippen MR) is 102 cm³/mol. The highest BCUT2D eigenvalue weighted by molar-refractivity contribution is 6.14. The molecule has 2 bridgehead atoms. The fourth-order valence-electron chi connectivity index (χ4n) is 3.30. The lowest BCUT2D eigenvalue weighted by Gasteiger charge is -2.25. The van der Waals surface area contributed by atoms with Crippen LogP contribution in [0, 0.1) is 23.2 Å². The number of fused-ring (bicyclic) bond motifs is 2. The third-order valence-electron chi connectivity index (χ3n) is 4.62. The highest BCUT2D eigenvalue weighted by Gasteiger charge is 2.48. The largest absolute Gasteiger partial charge is 0.457 e. The molecule has 3 rings (SSSR count). The predicted octanol–water partition coefficient (Wildman–Crippen LogP) is 3.93. The van der Waals surface area contributed by atoms with Crippen molar-refractivity contribution in [1.29, 1.82) is 0 Å². The van der Waals surface area contributed by atoms with Crippen LogP contribution in [0.4, 0.5) is 0 Å². The summed E-state index contributed by atoms with van der Waals surface area (Å²) in [6.07, 6.45) is 1.61. The van der Waals surface area contributed by atoms with Crippen molar-refractivity contribution in [1.82, 2.24) is 0 Å². The zero-order chi connectivity index (χ0) is 19.5. The van der Waals surface area contributed by atoms with E-state index in [2.05, 4.69) is 11.8 Å². The van der Waals surface area contributed by atoms with Gasteiger partial charge in [0.15, 0.2) is 5.78 Å². The molecule has 2 aromatic heterocycles. The van der Waals surface area contributed by atoms with Gasteiger partial charge >= 0.3 is 0 Å². The molecule has 0 radical (unpaired) electrons. The van der Waals surface area contributed by atoms with Gasteiger partial charge in [0.1, 0.15) is 16.9 Å². The Hall–Kier alpha value is -2.64. The number of allylic oxidation sites excluding steroid dienone is 3. The highest BCUT2D eigenvalue weighted by Crippen LogP contribution is 2.44. The Morgan fingerprint density at radius 3 is 2.12 bits per heavy atom. The average Bonchev–Trinajstić information content (AvgIpc) is 3.23. The molecule has 0 spiro atoms. The van der Waals surface area contributed by atoms with Crippen molar-refractivity contribution in [3.63, 3.8) is 0 Å². The Bertz CT molecular complexity index is 883. The van der Waals surface area contributed by atoms with Crippen molar-refractivity contribution >= 4 is 22.7 Å². The summed E-state index contributed by atoms with van der Waals surface area (Å²) < 4.78 is 5.08. The summed E-state index contributed by atoms with van der Waals surface area (Å²) in [6, 6.07) is 7.81. The summed E-state index contributed by atoms with van der Waals surface area (Å²) in [5.74, 6) is 5.06. The van der Waals surface area contributed by atoms with E-state index in [9.17, 15) is 9.59 Å². The van der Waals surface area contributed by atoms with Crippen molar-refractivity contribution in [2.24, 2.45) is 11.3 Å². The van der Waals surface area contributed by atoms with Gasteiger partial charge in [0.2, 0.25) is 0 Å². The van der Waals surface area contributed by atoms with E-state index in [0.717, 1.165) is 22.3 Å². The van der Waals surface area contributed by atoms with E-state index in [0.29, 0.717) is 5.57 Å². The smallest absolute Gasteiger partial charge is 0.170 e. The number of aliphatic hydroxyl groups excluding tert-OH is 1. The highest BCUT2D eigenvalue weighted by atomic mass is 16.3. The number of rotatable bonds is 2. The molecule has 1 aliphatic rings. The third kappa shape index (κ3) is 3.95. The van der Waals surface area contributed by atoms with Crippen LogP contribution in [0.1, 0.15) is 34.6 Å². The molecular formula is C22H24O4. The number of hydrogen-bond donors (Lipinski definition) is 1. The van der Waals surface area contributed by atoms with Crippen LogP contribution in [0.15, 0.2) is 51.5 Å². The lowest BCUT2D eigenvalue weighted by atomic mass is 9.75. The zero-order valence-electron chi connectivity index (χ0n) is 15.8. The van der Waals surface area contributed by atoms with E-state index in [-0.39, 0.29) is 18.2 Å². The number of aliphatic hydroxyl groups is 1. The van der Waals surface area contributed by atoms with Crippen LogP contribution >= 0.6 is 0 Å². The van der Waals surface area contributed by atoms with Gasteiger partial charge in [-0.2, -0.15) is 0 Å². The van der Waals surface area contributed by atoms with Crippen molar-refractivity contribution in [3.05, 3.63) is 47.1 Å². The van der Waals surface area contributed by atoms with Crippen molar-refractivity contribution in [3.8, 4) is 11.8 Å². The Balaban J connectivity index is 0.000000282. The van der Waals surface area contributed by atoms with Crippen molar-refractivity contribution < 1.29 is 19.1 Å². The molecule has 136 valence electrons.